The molecule has 0 aliphatic carbocycles. The van der Waals surface area contributed by atoms with Gasteiger partial charge in [0.15, 0.2) is 0 Å². The zero-order valence-corrected chi connectivity index (χ0v) is 10.4. The quantitative estimate of drug-likeness (QED) is 0.750. The Morgan fingerprint density at radius 3 is 2.79 bits per heavy atom. The molecule has 3 N–H and O–H groups in total. The number of benzene rings is 1. The highest BCUT2D eigenvalue weighted by Crippen LogP contribution is 2.21. The van der Waals surface area contributed by atoms with Gasteiger partial charge in [0, 0.05) is 18.3 Å². The summed E-state index contributed by atoms with van der Waals surface area (Å²) in [7, 11) is 0. The highest BCUT2D eigenvalue weighted by atomic mass is 14.9. The van der Waals surface area contributed by atoms with Crippen LogP contribution in [0.4, 0.5) is 0 Å². The van der Waals surface area contributed by atoms with Crippen LogP contribution in [-0.2, 0) is 6.54 Å². The molecule has 0 spiro atoms. The van der Waals surface area contributed by atoms with E-state index in [4.69, 9.17) is 5.73 Å². The molecule has 0 aliphatic rings. The van der Waals surface area contributed by atoms with Crippen LogP contribution in [0.2, 0.25) is 0 Å². The van der Waals surface area contributed by atoms with E-state index in [2.05, 4.69) is 15.0 Å². The maximum Gasteiger partial charge on any atom is 0.137 e. The van der Waals surface area contributed by atoms with Crippen molar-refractivity contribution in [2.75, 3.05) is 0 Å². The summed E-state index contributed by atoms with van der Waals surface area (Å²) in [6.07, 6.45) is 3.57. The first kappa shape index (κ1) is 11.6. The predicted octanol–water partition coefficient (Wildman–Crippen LogP) is 2.60. The summed E-state index contributed by atoms with van der Waals surface area (Å²) < 4.78 is 0. The minimum Gasteiger partial charge on any atom is -0.337 e. The number of H-pyrrole nitrogens is 1. The number of rotatable bonds is 3. The van der Waals surface area contributed by atoms with Gasteiger partial charge in [-0.1, -0.05) is 24.3 Å². The second-order valence-electron chi connectivity index (χ2n) is 4.26. The first-order valence-electron chi connectivity index (χ1n) is 6.12. The van der Waals surface area contributed by atoms with E-state index in [1.54, 1.807) is 12.4 Å². The Labute approximate surface area is 111 Å². The molecule has 0 radical (unpaired) electrons. The van der Waals surface area contributed by atoms with Gasteiger partial charge in [-0.25, -0.2) is 4.98 Å². The van der Waals surface area contributed by atoms with E-state index in [1.165, 1.54) is 0 Å². The number of aromatic amines is 1. The molecule has 0 bridgehead atoms. The lowest BCUT2D eigenvalue weighted by Gasteiger charge is -2.00. The Bertz CT molecular complexity index is 673. The van der Waals surface area contributed by atoms with Gasteiger partial charge in [0.1, 0.15) is 5.82 Å². The number of hydrogen-bond donors (Lipinski definition) is 2. The summed E-state index contributed by atoms with van der Waals surface area (Å²) in [6, 6.07) is 13.9. The second kappa shape index (κ2) is 5.04. The molecule has 0 aliphatic heterocycles. The van der Waals surface area contributed by atoms with E-state index in [0.29, 0.717) is 6.54 Å². The van der Waals surface area contributed by atoms with E-state index >= 15 is 0 Å². The molecule has 0 amide bonds. The molecular weight excluding hydrogens is 236 g/mol. The van der Waals surface area contributed by atoms with Gasteiger partial charge < -0.3 is 10.7 Å². The van der Waals surface area contributed by atoms with Gasteiger partial charge >= 0.3 is 0 Å². The Balaban J connectivity index is 1.97. The summed E-state index contributed by atoms with van der Waals surface area (Å²) in [5.74, 6) is 0.830. The van der Waals surface area contributed by atoms with Gasteiger partial charge in [-0.15, -0.1) is 0 Å². The molecule has 2 heterocycles. The molecule has 3 aromatic rings. The number of nitrogens with one attached hydrogen (secondary N) is 1. The molecule has 0 saturated carbocycles. The first-order valence-corrected chi connectivity index (χ1v) is 6.12. The molecule has 0 fully saturated rings. The van der Waals surface area contributed by atoms with Crippen LogP contribution < -0.4 is 5.73 Å². The number of imidazole rings is 1. The SMILES string of the molecule is NCc1cccc(-c2ncc(-c3ccccn3)[nH]2)c1. The average Bonchev–Trinajstić information content (AvgIpc) is 2.98. The molecule has 0 atom stereocenters. The minimum absolute atomic E-state index is 0.529. The van der Waals surface area contributed by atoms with Crippen LogP contribution in [0.3, 0.4) is 0 Å². The van der Waals surface area contributed by atoms with Crippen LogP contribution >= 0.6 is 0 Å². The maximum absolute atomic E-state index is 5.65. The lowest BCUT2D eigenvalue weighted by atomic mass is 10.1. The lowest BCUT2D eigenvalue weighted by molar-refractivity contribution is 1.07. The van der Waals surface area contributed by atoms with Crippen LogP contribution in [0.5, 0.6) is 0 Å². The summed E-state index contributed by atoms with van der Waals surface area (Å²) in [5.41, 5.74) is 9.57. The Morgan fingerprint density at radius 1 is 1.05 bits per heavy atom. The second-order valence-corrected chi connectivity index (χ2v) is 4.26. The van der Waals surface area contributed by atoms with Gasteiger partial charge in [0.2, 0.25) is 0 Å². The van der Waals surface area contributed by atoms with Crippen molar-refractivity contribution in [2.24, 2.45) is 5.73 Å². The molecule has 0 saturated heterocycles. The zero-order chi connectivity index (χ0) is 13.1. The number of nitrogens with two attached hydrogens (primary N) is 1. The van der Waals surface area contributed by atoms with Crippen molar-refractivity contribution in [3.8, 4) is 22.8 Å². The van der Waals surface area contributed by atoms with Gasteiger partial charge in [0.25, 0.3) is 0 Å². The van der Waals surface area contributed by atoms with Crippen molar-refractivity contribution in [1.29, 1.82) is 0 Å². The molecular formula is C15H14N4. The molecule has 4 heteroatoms. The summed E-state index contributed by atoms with van der Waals surface area (Å²) in [4.78, 5) is 12.0. The van der Waals surface area contributed by atoms with E-state index < -0.39 is 0 Å². The largest absolute Gasteiger partial charge is 0.337 e. The van der Waals surface area contributed by atoms with Crippen molar-refractivity contribution in [2.45, 2.75) is 6.54 Å². The molecule has 2 aromatic heterocycles. The Morgan fingerprint density at radius 2 is 2.00 bits per heavy atom. The number of pyridine rings is 1. The van der Waals surface area contributed by atoms with E-state index in [-0.39, 0.29) is 0 Å². The van der Waals surface area contributed by atoms with Crippen molar-refractivity contribution in [3.05, 3.63) is 60.4 Å². The summed E-state index contributed by atoms with van der Waals surface area (Å²) >= 11 is 0. The highest BCUT2D eigenvalue weighted by Gasteiger charge is 2.06. The van der Waals surface area contributed by atoms with Gasteiger partial charge in [-0.2, -0.15) is 0 Å². The third-order valence-corrected chi connectivity index (χ3v) is 2.95. The lowest BCUT2D eigenvalue weighted by Crippen LogP contribution is -1.96. The van der Waals surface area contributed by atoms with Crippen molar-refractivity contribution in [1.82, 2.24) is 15.0 Å². The third kappa shape index (κ3) is 2.39. The third-order valence-electron chi connectivity index (χ3n) is 2.95. The standard InChI is InChI=1S/C15H14N4/c16-9-11-4-3-5-12(8-11)15-18-10-14(19-15)13-6-1-2-7-17-13/h1-8,10H,9,16H2,(H,18,19). The number of aromatic nitrogens is 3. The molecule has 0 unspecified atom stereocenters. The van der Waals surface area contributed by atoms with Crippen LogP contribution in [0.1, 0.15) is 5.56 Å². The summed E-state index contributed by atoms with van der Waals surface area (Å²) in [5, 5.41) is 0. The van der Waals surface area contributed by atoms with E-state index in [0.717, 1.165) is 28.3 Å². The topological polar surface area (TPSA) is 67.6 Å². The van der Waals surface area contributed by atoms with Crippen LogP contribution in [0, 0.1) is 0 Å². The fraction of sp³-hybridized carbons (Fsp3) is 0.0667. The average molecular weight is 250 g/mol. The molecule has 94 valence electrons. The molecule has 1 aromatic carbocycles. The van der Waals surface area contributed by atoms with Gasteiger partial charge in [-0.05, 0) is 23.8 Å². The number of nitrogens with zero attached hydrogens (tertiary/aromatic N) is 2. The van der Waals surface area contributed by atoms with E-state index in [9.17, 15) is 0 Å². The number of hydrogen-bond acceptors (Lipinski definition) is 3. The van der Waals surface area contributed by atoms with Gasteiger partial charge in [-0.3, -0.25) is 4.98 Å². The van der Waals surface area contributed by atoms with Crippen LogP contribution in [0.15, 0.2) is 54.9 Å². The Kier molecular flexibility index (Phi) is 3.08. The van der Waals surface area contributed by atoms with Crippen molar-refractivity contribution in [3.63, 3.8) is 0 Å². The fourth-order valence-electron chi connectivity index (χ4n) is 1.97. The maximum atomic E-state index is 5.65. The fourth-order valence-corrected chi connectivity index (χ4v) is 1.97. The molecule has 19 heavy (non-hydrogen) atoms. The van der Waals surface area contributed by atoms with Crippen LogP contribution in [0.25, 0.3) is 22.8 Å². The predicted molar refractivity (Wildman–Crippen MR) is 75.1 cm³/mol. The van der Waals surface area contributed by atoms with Gasteiger partial charge in [0.05, 0.1) is 17.6 Å². The minimum atomic E-state index is 0.529. The Hall–Kier alpha value is -2.46. The zero-order valence-electron chi connectivity index (χ0n) is 10.4. The highest BCUT2D eigenvalue weighted by molar-refractivity contribution is 5.62. The van der Waals surface area contributed by atoms with E-state index in [1.807, 2.05) is 42.5 Å². The van der Waals surface area contributed by atoms with Crippen molar-refractivity contribution >= 4 is 0 Å². The van der Waals surface area contributed by atoms with Crippen LogP contribution in [-0.4, -0.2) is 15.0 Å². The normalized spacial score (nSPS) is 10.6. The molecule has 3 rings (SSSR count). The smallest absolute Gasteiger partial charge is 0.137 e. The monoisotopic (exact) mass is 250 g/mol. The first-order chi connectivity index (χ1) is 9.36. The molecule has 4 nitrogen and oxygen atoms in total. The summed E-state index contributed by atoms with van der Waals surface area (Å²) in [6.45, 7) is 0.529. The van der Waals surface area contributed by atoms with Crippen molar-refractivity contribution < 1.29 is 0 Å².